The smallest absolute Gasteiger partial charge is 0.0780 e. The summed E-state index contributed by atoms with van der Waals surface area (Å²) < 4.78 is 0. The lowest BCUT2D eigenvalue weighted by Gasteiger charge is -2.49. The molecule has 0 aliphatic heterocycles. The number of aromatic nitrogens is 1. The van der Waals surface area contributed by atoms with Crippen LogP contribution in [0, 0.1) is 0 Å². The van der Waals surface area contributed by atoms with E-state index in [2.05, 4.69) is 47.4 Å². The van der Waals surface area contributed by atoms with Gasteiger partial charge in [0, 0.05) is 22.9 Å². The van der Waals surface area contributed by atoms with Crippen LogP contribution in [-0.4, -0.2) is 15.7 Å². The van der Waals surface area contributed by atoms with Gasteiger partial charge in [0.25, 0.3) is 0 Å². The van der Waals surface area contributed by atoms with E-state index in [0.29, 0.717) is 12.8 Å². The van der Waals surface area contributed by atoms with Gasteiger partial charge in [0.1, 0.15) is 0 Å². The molecule has 0 saturated heterocycles. The summed E-state index contributed by atoms with van der Waals surface area (Å²) in [5, 5.41) is 10.0. The first kappa shape index (κ1) is 16.0. The second kappa shape index (κ2) is 5.80. The maximum atomic E-state index is 10.0. The topological polar surface area (TPSA) is 59.1 Å². The van der Waals surface area contributed by atoms with Crippen LogP contribution in [0.4, 0.5) is 0 Å². The molecule has 4 rings (SSSR count). The number of nitrogens with two attached hydrogens (primary N) is 1. The van der Waals surface area contributed by atoms with Crippen LogP contribution < -0.4 is 5.73 Å². The van der Waals surface area contributed by atoms with Gasteiger partial charge in [-0.15, -0.1) is 0 Å². The summed E-state index contributed by atoms with van der Waals surface area (Å²) in [6.45, 7) is 1.84. The molecule has 25 heavy (non-hydrogen) atoms. The van der Waals surface area contributed by atoms with Crippen molar-refractivity contribution in [3.8, 4) is 22.4 Å². The average Bonchev–Trinajstić information content (AvgIpc) is 2.61. The average molecular weight is 330 g/mol. The quantitative estimate of drug-likeness (QED) is 0.759. The summed E-state index contributed by atoms with van der Waals surface area (Å²) in [5.41, 5.74) is 10.7. The van der Waals surface area contributed by atoms with E-state index in [9.17, 15) is 5.11 Å². The van der Waals surface area contributed by atoms with Crippen LogP contribution in [0.5, 0.6) is 0 Å². The standard InChI is InChI=1S/C22H22N2O/c1-21(25)14-22(23,15-21)18-11-9-17(10-12-18)20-19(8-5-13-24-20)16-6-3-2-4-7-16/h2-13,25H,14-15,23H2,1H3. The number of rotatable bonds is 3. The molecule has 2 aromatic carbocycles. The zero-order valence-electron chi connectivity index (χ0n) is 14.3. The highest BCUT2D eigenvalue weighted by molar-refractivity contribution is 5.80. The molecule has 0 radical (unpaired) electrons. The van der Waals surface area contributed by atoms with E-state index in [4.69, 9.17) is 5.73 Å². The Morgan fingerprint density at radius 1 is 0.880 bits per heavy atom. The van der Waals surface area contributed by atoms with Gasteiger partial charge >= 0.3 is 0 Å². The third-order valence-electron chi connectivity index (χ3n) is 5.02. The molecular weight excluding hydrogens is 308 g/mol. The van der Waals surface area contributed by atoms with E-state index >= 15 is 0 Å². The number of pyridine rings is 1. The molecule has 3 aromatic rings. The first-order valence-electron chi connectivity index (χ1n) is 8.60. The second-order valence-electron chi connectivity index (χ2n) is 7.35. The summed E-state index contributed by atoms with van der Waals surface area (Å²) in [6, 6.07) is 22.6. The summed E-state index contributed by atoms with van der Waals surface area (Å²) in [6.07, 6.45) is 3.01. The van der Waals surface area contributed by atoms with Gasteiger partial charge in [-0.2, -0.15) is 0 Å². The number of hydrogen-bond donors (Lipinski definition) is 2. The molecule has 1 aromatic heterocycles. The highest BCUT2D eigenvalue weighted by Crippen LogP contribution is 2.46. The predicted molar refractivity (Wildman–Crippen MR) is 101 cm³/mol. The van der Waals surface area contributed by atoms with Gasteiger partial charge in [0.15, 0.2) is 0 Å². The maximum absolute atomic E-state index is 10.0. The van der Waals surface area contributed by atoms with Crippen molar-refractivity contribution in [1.29, 1.82) is 0 Å². The zero-order chi connectivity index (χ0) is 17.5. The maximum Gasteiger partial charge on any atom is 0.0780 e. The van der Waals surface area contributed by atoms with E-state index in [0.717, 1.165) is 27.9 Å². The lowest BCUT2D eigenvalue weighted by atomic mass is 9.63. The minimum atomic E-state index is -0.644. The molecule has 0 amide bonds. The third kappa shape index (κ3) is 2.97. The molecule has 1 heterocycles. The highest BCUT2D eigenvalue weighted by Gasteiger charge is 2.49. The van der Waals surface area contributed by atoms with Gasteiger partial charge in [-0.3, -0.25) is 4.98 Å². The number of benzene rings is 2. The SMILES string of the molecule is CC1(O)CC(N)(c2ccc(-c3ncccc3-c3ccccc3)cc2)C1. The van der Waals surface area contributed by atoms with Crippen LogP contribution in [0.15, 0.2) is 72.9 Å². The van der Waals surface area contributed by atoms with Crippen LogP contribution in [-0.2, 0) is 5.54 Å². The third-order valence-corrected chi connectivity index (χ3v) is 5.02. The van der Waals surface area contributed by atoms with Crippen molar-refractivity contribution < 1.29 is 5.11 Å². The molecule has 3 N–H and O–H groups in total. The molecule has 0 bridgehead atoms. The lowest BCUT2D eigenvalue weighted by molar-refractivity contribution is -0.0738. The molecule has 3 heteroatoms. The summed E-state index contributed by atoms with van der Waals surface area (Å²) in [7, 11) is 0. The van der Waals surface area contributed by atoms with Crippen molar-refractivity contribution in [2.75, 3.05) is 0 Å². The minimum Gasteiger partial charge on any atom is -0.390 e. The molecule has 1 fully saturated rings. The highest BCUT2D eigenvalue weighted by atomic mass is 16.3. The van der Waals surface area contributed by atoms with E-state index in [-0.39, 0.29) is 0 Å². The monoisotopic (exact) mass is 330 g/mol. The van der Waals surface area contributed by atoms with E-state index < -0.39 is 11.1 Å². The fraction of sp³-hybridized carbons (Fsp3) is 0.227. The van der Waals surface area contributed by atoms with Crippen molar-refractivity contribution >= 4 is 0 Å². The van der Waals surface area contributed by atoms with Gasteiger partial charge in [-0.1, -0.05) is 60.7 Å². The van der Waals surface area contributed by atoms with Crippen LogP contribution in [0.2, 0.25) is 0 Å². The van der Waals surface area contributed by atoms with Crippen LogP contribution in [0.3, 0.4) is 0 Å². The molecule has 126 valence electrons. The molecule has 0 spiro atoms. The van der Waals surface area contributed by atoms with Gasteiger partial charge < -0.3 is 10.8 Å². The fourth-order valence-electron chi connectivity index (χ4n) is 3.96. The molecule has 1 aliphatic carbocycles. The van der Waals surface area contributed by atoms with Gasteiger partial charge in [0.2, 0.25) is 0 Å². The number of hydrogen-bond acceptors (Lipinski definition) is 3. The molecule has 1 saturated carbocycles. The largest absolute Gasteiger partial charge is 0.390 e. The molecule has 3 nitrogen and oxygen atoms in total. The Labute approximate surface area is 148 Å². The molecule has 0 unspecified atom stereocenters. The van der Waals surface area contributed by atoms with Crippen LogP contribution in [0.1, 0.15) is 25.3 Å². The molecule has 0 atom stereocenters. The van der Waals surface area contributed by atoms with Gasteiger partial charge in [-0.25, -0.2) is 0 Å². The van der Waals surface area contributed by atoms with Gasteiger partial charge in [0.05, 0.1) is 11.3 Å². The first-order valence-corrected chi connectivity index (χ1v) is 8.60. The second-order valence-corrected chi connectivity index (χ2v) is 7.35. The van der Waals surface area contributed by atoms with Crippen LogP contribution in [0.25, 0.3) is 22.4 Å². The number of nitrogens with zero attached hydrogens (tertiary/aromatic N) is 1. The fourth-order valence-corrected chi connectivity index (χ4v) is 3.96. The van der Waals surface area contributed by atoms with Crippen molar-refractivity contribution in [1.82, 2.24) is 4.98 Å². The van der Waals surface area contributed by atoms with E-state index in [1.54, 1.807) is 0 Å². The number of aliphatic hydroxyl groups is 1. The van der Waals surface area contributed by atoms with Crippen molar-refractivity contribution in [3.05, 3.63) is 78.5 Å². The van der Waals surface area contributed by atoms with E-state index in [1.165, 1.54) is 0 Å². The van der Waals surface area contributed by atoms with E-state index in [1.807, 2.05) is 37.4 Å². The zero-order valence-corrected chi connectivity index (χ0v) is 14.3. The summed E-state index contributed by atoms with van der Waals surface area (Å²) in [5.74, 6) is 0. The molecular formula is C22H22N2O. The van der Waals surface area contributed by atoms with Gasteiger partial charge in [-0.05, 0) is 37.0 Å². The first-order chi connectivity index (χ1) is 12.0. The summed E-state index contributed by atoms with van der Waals surface area (Å²) >= 11 is 0. The van der Waals surface area contributed by atoms with Crippen molar-refractivity contribution in [2.24, 2.45) is 5.73 Å². The van der Waals surface area contributed by atoms with Crippen molar-refractivity contribution in [2.45, 2.75) is 30.9 Å². The Hall–Kier alpha value is -2.49. The Bertz CT molecular complexity index is 877. The Morgan fingerprint density at radius 2 is 1.56 bits per heavy atom. The van der Waals surface area contributed by atoms with Crippen molar-refractivity contribution in [3.63, 3.8) is 0 Å². The Balaban J connectivity index is 1.68. The predicted octanol–water partition coefficient (Wildman–Crippen LogP) is 4.11. The Kier molecular flexibility index (Phi) is 3.71. The summed E-state index contributed by atoms with van der Waals surface area (Å²) in [4.78, 5) is 4.60. The Morgan fingerprint density at radius 3 is 2.20 bits per heavy atom. The lowest BCUT2D eigenvalue weighted by Crippen LogP contribution is -2.58. The minimum absolute atomic E-state index is 0.422. The normalized spacial score (nSPS) is 25.4. The van der Waals surface area contributed by atoms with Crippen LogP contribution >= 0.6 is 0 Å². The molecule has 1 aliphatic rings.